The first-order valence-electron chi connectivity index (χ1n) is 11.1. The number of benzene rings is 2. The Morgan fingerprint density at radius 1 is 0.700 bits per heavy atom. The van der Waals surface area contributed by atoms with Gasteiger partial charge in [-0.25, -0.2) is 0 Å². The average molecular weight is 405 g/mol. The second-order valence-electron chi connectivity index (χ2n) is 7.71. The van der Waals surface area contributed by atoms with Gasteiger partial charge < -0.3 is 9.47 Å². The summed E-state index contributed by atoms with van der Waals surface area (Å²) < 4.78 is 11.3. The summed E-state index contributed by atoms with van der Waals surface area (Å²) in [6.07, 6.45) is 9.78. The van der Waals surface area contributed by atoms with Crippen molar-refractivity contribution in [2.24, 2.45) is 0 Å². The van der Waals surface area contributed by atoms with Crippen LogP contribution in [0.4, 0.5) is 0 Å². The van der Waals surface area contributed by atoms with Crippen molar-refractivity contribution in [1.82, 2.24) is 0 Å². The van der Waals surface area contributed by atoms with Gasteiger partial charge in [0.05, 0.1) is 13.2 Å². The summed E-state index contributed by atoms with van der Waals surface area (Å²) in [5, 5.41) is 0. The molecule has 3 nitrogen and oxygen atoms in total. The molecule has 0 N–H and O–H groups in total. The van der Waals surface area contributed by atoms with Crippen LogP contribution >= 0.6 is 0 Å². The van der Waals surface area contributed by atoms with Crippen molar-refractivity contribution in [2.75, 3.05) is 13.2 Å². The largest absolute Gasteiger partial charge is 0.494 e. The summed E-state index contributed by atoms with van der Waals surface area (Å²) in [6, 6.07) is 16.0. The zero-order valence-corrected chi connectivity index (χ0v) is 18.2. The molecule has 158 valence electrons. The van der Waals surface area contributed by atoms with E-state index in [1.165, 1.54) is 0 Å². The molecule has 0 radical (unpaired) electrons. The van der Waals surface area contributed by atoms with Crippen LogP contribution < -0.4 is 9.47 Å². The van der Waals surface area contributed by atoms with Crippen molar-refractivity contribution in [3.8, 4) is 11.5 Å². The Labute approximate surface area is 180 Å². The zero-order chi connectivity index (χ0) is 21.2. The molecule has 0 amide bonds. The molecule has 0 aromatic heterocycles. The van der Waals surface area contributed by atoms with Crippen molar-refractivity contribution >= 4 is 17.9 Å². The van der Waals surface area contributed by atoms with E-state index in [4.69, 9.17) is 9.47 Å². The summed E-state index contributed by atoms with van der Waals surface area (Å²) >= 11 is 0. The normalized spacial score (nSPS) is 17.2. The molecule has 3 heteroatoms. The predicted octanol–water partition coefficient (Wildman–Crippen LogP) is 6.87. The van der Waals surface area contributed by atoms with Crippen molar-refractivity contribution in [1.29, 1.82) is 0 Å². The average Bonchev–Trinajstić information content (AvgIpc) is 2.94. The Morgan fingerprint density at radius 3 is 1.47 bits per heavy atom. The molecule has 2 aromatic carbocycles. The van der Waals surface area contributed by atoms with Gasteiger partial charge in [-0.05, 0) is 86.1 Å². The van der Waals surface area contributed by atoms with E-state index in [9.17, 15) is 4.79 Å². The molecular weight excluding hydrogens is 372 g/mol. The Morgan fingerprint density at radius 2 is 1.10 bits per heavy atom. The van der Waals surface area contributed by atoms with E-state index in [0.717, 1.165) is 85.5 Å². The van der Waals surface area contributed by atoms with Gasteiger partial charge in [0, 0.05) is 11.1 Å². The van der Waals surface area contributed by atoms with Gasteiger partial charge in [-0.1, -0.05) is 38.1 Å². The lowest BCUT2D eigenvalue weighted by atomic mass is 9.98. The first-order valence-corrected chi connectivity index (χ1v) is 11.1. The van der Waals surface area contributed by atoms with Crippen molar-refractivity contribution in [2.45, 2.75) is 52.4 Å². The summed E-state index contributed by atoms with van der Waals surface area (Å²) in [7, 11) is 0. The quantitative estimate of drug-likeness (QED) is 0.355. The van der Waals surface area contributed by atoms with Gasteiger partial charge >= 0.3 is 0 Å². The summed E-state index contributed by atoms with van der Waals surface area (Å²) in [4.78, 5) is 13.2. The van der Waals surface area contributed by atoms with E-state index >= 15 is 0 Å². The molecule has 1 aliphatic carbocycles. The molecule has 1 saturated carbocycles. The zero-order valence-electron chi connectivity index (χ0n) is 18.2. The molecule has 30 heavy (non-hydrogen) atoms. The van der Waals surface area contributed by atoms with E-state index < -0.39 is 0 Å². The maximum absolute atomic E-state index is 13.2. The fourth-order valence-electron chi connectivity index (χ4n) is 3.50. The van der Waals surface area contributed by atoms with Crippen molar-refractivity contribution in [3.63, 3.8) is 0 Å². The fraction of sp³-hybridized carbons (Fsp3) is 0.370. The number of rotatable bonds is 8. The molecule has 1 aliphatic rings. The van der Waals surface area contributed by atoms with Crippen LogP contribution in [0.3, 0.4) is 0 Å². The van der Waals surface area contributed by atoms with E-state index in [2.05, 4.69) is 13.8 Å². The number of ether oxygens (including phenoxy) is 2. The highest BCUT2D eigenvalue weighted by molar-refractivity contribution is 6.13. The van der Waals surface area contributed by atoms with Gasteiger partial charge in [-0.2, -0.15) is 0 Å². The molecule has 0 heterocycles. The molecule has 3 rings (SSSR count). The van der Waals surface area contributed by atoms with Crippen LogP contribution in [0.25, 0.3) is 12.2 Å². The van der Waals surface area contributed by atoms with Crippen LogP contribution in [0.5, 0.6) is 11.5 Å². The maximum Gasteiger partial charge on any atom is 0.185 e. The first-order chi connectivity index (χ1) is 14.7. The van der Waals surface area contributed by atoms with Crippen LogP contribution in [-0.2, 0) is 4.79 Å². The van der Waals surface area contributed by atoms with E-state index in [-0.39, 0.29) is 5.78 Å². The van der Waals surface area contributed by atoms with E-state index in [1.807, 2.05) is 60.7 Å². The van der Waals surface area contributed by atoms with Crippen LogP contribution in [0.1, 0.15) is 63.5 Å². The van der Waals surface area contributed by atoms with Gasteiger partial charge in [0.1, 0.15) is 11.5 Å². The Balaban J connectivity index is 1.75. The molecule has 1 fully saturated rings. The molecule has 0 atom stereocenters. The number of carbonyl (C=O) groups is 1. The van der Waals surface area contributed by atoms with Gasteiger partial charge in [-0.3, -0.25) is 4.79 Å². The molecule has 0 bridgehead atoms. The summed E-state index contributed by atoms with van der Waals surface area (Å²) in [5.74, 6) is 1.92. The fourth-order valence-corrected chi connectivity index (χ4v) is 3.50. The minimum absolute atomic E-state index is 0.171. The third-order valence-electron chi connectivity index (χ3n) is 5.11. The first kappa shape index (κ1) is 21.9. The van der Waals surface area contributed by atoms with Crippen LogP contribution in [-0.4, -0.2) is 19.0 Å². The molecule has 2 aromatic rings. The Hall–Kier alpha value is -2.81. The number of allylic oxidation sites excluding steroid dienone is 2. The topological polar surface area (TPSA) is 35.5 Å². The molecule has 0 unspecified atom stereocenters. The standard InChI is InChI=1S/C27H32O3/c1-3-17-29-25-13-9-21(10-14-25)19-23-7-5-6-8-24(27(23)28)20-22-11-15-26(16-12-22)30-18-4-2/h9-16,19-20H,3-8,17-18H2,1-2H3/b23-19-,24-20+. The molecule has 0 spiro atoms. The third kappa shape index (κ3) is 6.35. The highest BCUT2D eigenvalue weighted by Crippen LogP contribution is 2.28. The minimum atomic E-state index is 0.171. The Bertz CT molecular complexity index is 800. The second kappa shape index (κ2) is 11.4. The number of hydrogen-bond donors (Lipinski definition) is 0. The van der Waals surface area contributed by atoms with Crippen LogP contribution in [0.2, 0.25) is 0 Å². The summed E-state index contributed by atoms with van der Waals surface area (Å²) in [5.41, 5.74) is 3.87. The van der Waals surface area contributed by atoms with Gasteiger partial charge in [0.2, 0.25) is 0 Å². The van der Waals surface area contributed by atoms with Gasteiger partial charge in [0.15, 0.2) is 5.78 Å². The monoisotopic (exact) mass is 404 g/mol. The van der Waals surface area contributed by atoms with Gasteiger partial charge in [0.25, 0.3) is 0 Å². The second-order valence-corrected chi connectivity index (χ2v) is 7.71. The highest BCUT2D eigenvalue weighted by Gasteiger charge is 2.18. The maximum atomic E-state index is 13.2. The minimum Gasteiger partial charge on any atom is -0.494 e. The molecule has 0 aliphatic heterocycles. The molecular formula is C27H32O3. The lowest BCUT2D eigenvalue weighted by Crippen LogP contribution is -2.04. The van der Waals surface area contributed by atoms with Crippen molar-refractivity contribution in [3.05, 3.63) is 70.8 Å². The summed E-state index contributed by atoms with van der Waals surface area (Å²) in [6.45, 7) is 5.63. The van der Waals surface area contributed by atoms with E-state index in [0.29, 0.717) is 0 Å². The number of ketones is 1. The third-order valence-corrected chi connectivity index (χ3v) is 5.11. The highest BCUT2D eigenvalue weighted by atomic mass is 16.5. The number of Topliss-reactive ketones (excluding diaryl/α,β-unsaturated/α-hetero) is 1. The lowest BCUT2D eigenvalue weighted by Gasteiger charge is -2.08. The van der Waals surface area contributed by atoms with Crippen LogP contribution in [0, 0.1) is 0 Å². The number of hydrogen-bond acceptors (Lipinski definition) is 3. The SMILES string of the molecule is CCCOc1ccc(/C=C2/CCCC/C(=C\c3ccc(OCCC)cc3)C2=O)cc1. The van der Waals surface area contributed by atoms with Gasteiger partial charge in [-0.15, -0.1) is 0 Å². The number of carbonyl (C=O) groups excluding carboxylic acids is 1. The van der Waals surface area contributed by atoms with Crippen molar-refractivity contribution < 1.29 is 14.3 Å². The van der Waals surface area contributed by atoms with Crippen LogP contribution in [0.15, 0.2) is 59.7 Å². The predicted molar refractivity (Wildman–Crippen MR) is 124 cm³/mol. The van der Waals surface area contributed by atoms with E-state index in [1.54, 1.807) is 0 Å². The smallest absolute Gasteiger partial charge is 0.185 e. The Kier molecular flexibility index (Phi) is 8.31. The lowest BCUT2D eigenvalue weighted by molar-refractivity contribution is -0.112. The molecule has 0 saturated heterocycles.